The number of imide groups is 1. The van der Waals surface area contributed by atoms with E-state index >= 15 is 0 Å². The maximum Gasteiger partial charge on any atom is 1.00 e. The summed E-state index contributed by atoms with van der Waals surface area (Å²) in [5.41, 5.74) is 0.401. The predicted octanol–water partition coefficient (Wildman–Crippen LogP) is -3.93. The minimum Gasteiger partial charge on any atom is -1.00 e. The van der Waals surface area contributed by atoms with Crippen molar-refractivity contribution in [3.63, 3.8) is 0 Å². The summed E-state index contributed by atoms with van der Waals surface area (Å²) in [6.07, 6.45) is 2.32. The summed E-state index contributed by atoms with van der Waals surface area (Å²) in [5, 5.41) is 5.13. The first-order valence-corrected chi connectivity index (χ1v) is 12.1. The Morgan fingerprint density at radius 2 is 1.82 bits per heavy atom. The van der Waals surface area contributed by atoms with E-state index in [1.807, 2.05) is 0 Å². The Kier molecular flexibility index (Phi) is 9.52. The zero-order chi connectivity index (χ0) is 24.5. The predicted molar refractivity (Wildman–Crippen MR) is 114 cm³/mol. The van der Waals surface area contributed by atoms with Crippen molar-refractivity contribution in [2.24, 2.45) is 0 Å². The minimum absolute atomic E-state index is 0. The average molecular weight is 530 g/mol. The molecule has 0 aromatic carbocycles. The number of amides is 6. The van der Waals surface area contributed by atoms with E-state index in [9.17, 15) is 32.4 Å². The number of nitrogens with one attached hydrogen (secondary N) is 2. The Morgan fingerprint density at radius 1 is 1.18 bits per heavy atom. The van der Waals surface area contributed by atoms with Crippen LogP contribution in [0.5, 0.6) is 0 Å². The van der Waals surface area contributed by atoms with Crippen LogP contribution in [0.15, 0.2) is 10.6 Å². The van der Waals surface area contributed by atoms with Gasteiger partial charge in [0.05, 0.1) is 6.54 Å². The zero-order valence-electron chi connectivity index (χ0n) is 19.7. The number of β-lactam (4-membered cyclic amide) rings is 1. The Hall–Kier alpha value is -1.71. The molecule has 13 nitrogen and oxygen atoms in total. The molecular formula is C18H25ClN5NaO8S. The van der Waals surface area contributed by atoms with Crippen LogP contribution in [0.4, 0.5) is 4.79 Å². The molecule has 2 aliphatic heterocycles. The first-order valence-electron chi connectivity index (χ1n) is 10.3. The number of carbonyl (C=O) groups excluding carboxylic acids is 5. The van der Waals surface area contributed by atoms with E-state index in [0.717, 1.165) is 6.42 Å². The van der Waals surface area contributed by atoms with Gasteiger partial charge in [-0.25, -0.2) is 9.10 Å². The summed E-state index contributed by atoms with van der Waals surface area (Å²) in [7, 11) is -4.73. The largest absolute Gasteiger partial charge is 1.00 e. The fourth-order valence-corrected chi connectivity index (χ4v) is 4.87. The number of hydrogen-bond donors (Lipinski definition) is 3. The molecule has 184 valence electrons. The van der Waals surface area contributed by atoms with Crippen molar-refractivity contribution in [1.29, 1.82) is 0 Å². The molecule has 0 radical (unpaired) electrons. The second-order valence-electron chi connectivity index (χ2n) is 7.77. The molecular weight excluding hydrogens is 505 g/mol. The Bertz CT molecular complexity index is 1040. The van der Waals surface area contributed by atoms with Crippen LogP contribution >= 0.6 is 11.6 Å². The Balaban J connectivity index is 0.00000306. The van der Waals surface area contributed by atoms with Gasteiger partial charge in [0.1, 0.15) is 12.1 Å². The number of likely N-dealkylation sites (N-methyl/N-ethyl adjacent to an activating group) is 1. The Labute approximate surface area is 224 Å². The molecule has 16 heteroatoms. The summed E-state index contributed by atoms with van der Waals surface area (Å²) < 4.78 is 31.4. The van der Waals surface area contributed by atoms with Crippen molar-refractivity contribution >= 4 is 51.6 Å². The molecule has 0 spiro atoms. The molecule has 2 atom stereocenters. The molecule has 0 aromatic heterocycles. The van der Waals surface area contributed by atoms with Crippen molar-refractivity contribution in [3.05, 3.63) is 10.6 Å². The van der Waals surface area contributed by atoms with Gasteiger partial charge in [0.2, 0.25) is 5.91 Å². The first kappa shape index (κ1) is 28.5. The molecule has 6 amide bonds. The van der Waals surface area contributed by atoms with Gasteiger partial charge in [-0.1, -0.05) is 11.6 Å². The first-order chi connectivity index (χ1) is 15.5. The number of piperazine rings is 1. The van der Waals surface area contributed by atoms with Gasteiger partial charge in [0.25, 0.3) is 5.91 Å². The van der Waals surface area contributed by atoms with Crippen molar-refractivity contribution in [2.45, 2.75) is 44.7 Å². The maximum atomic E-state index is 13.0. The molecule has 3 N–H and O–H groups in total. The van der Waals surface area contributed by atoms with Crippen LogP contribution in [0.25, 0.3) is 0 Å². The van der Waals surface area contributed by atoms with E-state index < -0.39 is 58.6 Å². The third-order valence-electron chi connectivity index (χ3n) is 5.74. The van der Waals surface area contributed by atoms with Gasteiger partial charge in [0.15, 0.2) is 0 Å². The molecule has 0 saturated carbocycles. The van der Waals surface area contributed by atoms with E-state index in [2.05, 4.69) is 10.6 Å². The number of carbonyl (C=O) groups is 5. The summed E-state index contributed by atoms with van der Waals surface area (Å²) in [4.78, 5) is 64.2. The quantitative estimate of drug-likeness (QED) is 0.135. The SMILES string of the molecule is CCN1CCN(C(=O)NC(C(=O)NC2CN(S(=O)(=O)O)C2=O)C2=C(Cl)CCCC2)C(=O)C1=O.[H-].[Na+]. The fraction of sp³-hybridized carbons (Fsp3) is 0.611. The molecule has 2 unspecified atom stereocenters. The molecule has 2 heterocycles. The van der Waals surface area contributed by atoms with Gasteiger partial charge in [-0.3, -0.25) is 28.6 Å². The van der Waals surface area contributed by atoms with Crippen LogP contribution in [0, 0.1) is 0 Å². The number of nitrogens with zero attached hydrogens (tertiary/aromatic N) is 3. The maximum absolute atomic E-state index is 13.0. The second kappa shape index (κ2) is 11.4. The molecule has 2 saturated heterocycles. The molecule has 3 aliphatic rings. The van der Waals surface area contributed by atoms with Crippen molar-refractivity contribution < 1.29 is 67.9 Å². The van der Waals surface area contributed by atoms with Crippen LogP contribution in [0.3, 0.4) is 0 Å². The van der Waals surface area contributed by atoms with Gasteiger partial charge < -0.3 is 17.0 Å². The van der Waals surface area contributed by atoms with Gasteiger partial charge in [-0.05, 0) is 38.2 Å². The standard InChI is InChI=1S/C18H24ClN5O8S.Na.H/c1-2-22-7-8-23(17(28)16(22)27)18(29)21-13(10-5-3-4-6-11(10)19)14(25)20-12-9-24(15(12)26)33(30,31)32;;/h12-13H,2-9H2,1H3,(H,20,25)(H,21,29)(H,30,31,32);;/q;+1;-1. The van der Waals surface area contributed by atoms with Gasteiger partial charge in [0, 0.05) is 24.7 Å². The molecule has 0 bridgehead atoms. The van der Waals surface area contributed by atoms with E-state index in [-0.39, 0.29) is 48.4 Å². The summed E-state index contributed by atoms with van der Waals surface area (Å²) in [5.74, 6) is -3.73. The molecule has 1 aliphatic carbocycles. The average Bonchev–Trinajstić information content (AvgIpc) is 2.75. The summed E-state index contributed by atoms with van der Waals surface area (Å²) in [6.45, 7) is 1.63. The van der Waals surface area contributed by atoms with Crippen LogP contribution in [0.1, 0.15) is 34.0 Å². The fourth-order valence-electron chi connectivity index (χ4n) is 3.84. The third-order valence-corrected chi connectivity index (χ3v) is 7.06. The van der Waals surface area contributed by atoms with Crippen LogP contribution in [0.2, 0.25) is 0 Å². The normalized spacial score (nSPS) is 22.1. The molecule has 0 aromatic rings. The Morgan fingerprint density at radius 3 is 2.38 bits per heavy atom. The van der Waals surface area contributed by atoms with E-state index in [4.69, 9.17) is 16.2 Å². The summed E-state index contributed by atoms with van der Waals surface area (Å²) in [6, 6.07) is -3.53. The van der Waals surface area contributed by atoms with Gasteiger partial charge in [-0.15, -0.1) is 0 Å². The van der Waals surface area contributed by atoms with Crippen molar-refractivity contribution in [2.75, 3.05) is 26.2 Å². The molecule has 3 rings (SSSR count). The van der Waals surface area contributed by atoms with Gasteiger partial charge in [-0.2, -0.15) is 8.42 Å². The van der Waals surface area contributed by atoms with Crippen LogP contribution in [-0.2, 0) is 29.5 Å². The van der Waals surface area contributed by atoms with E-state index in [0.29, 0.717) is 41.3 Å². The van der Waals surface area contributed by atoms with Gasteiger partial charge >= 0.3 is 57.7 Å². The molecule has 2 fully saturated rings. The topological polar surface area (TPSA) is 173 Å². The minimum atomic E-state index is -4.73. The second-order valence-corrected chi connectivity index (χ2v) is 9.56. The number of halogens is 1. The van der Waals surface area contributed by atoms with Crippen molar-refractivity contribution in [1.82, 2.24) is 24.7 Å². The monoisotopic (exact) mass is 529 g/mol. The van der Waals surface area contributed by atoms with Crippen molar-refractivity contribution in [3.8, 4) is 0 Å². The van der Waals surface area contributed by atoms with Crippen LogP contribution < -0.4 is 40.2 Å². The number of urea groups is 1. The van der Waals surface area contributed by atoms with Crippen LogP contribution in [-0.4, -0.2) is 95.0 Å². The summed E-state index contributed by atoms with van der Waals surface area (Å²) >= 11 is 6.30. The number of allylic oxidation sites excluding steroid dienone is 1. The molecule has 34 heavy (non-hydrogen) atoms. The number of rotatable bonds is 6. The zero-order valence-corrected chi connectivity index (χ0v) is 22.3. The third kappa shape index (κ3) is 5.91. The smallest absolute Gasteiger partial charge is 1.00 e. The van der Waals surface area contributed by atoms with E-state index in [1.54, 1.807) is 6.92 Å². The number of hydrogen-bond acceptors (Lipinski definition) is 7. The van der Waals surface area contributed by atoms with E-state index in [1.165, 1.54) is 4.90 Å².